The summed E-state index contributed by atoms with van der Waals surface area (Å²) in [5.74, 6) is 0.229. The molecule has 0 fully saturated rings. The van der Waals surface area contributed by atoms with E-state index in [1.165, 1.54) is 0 Å². The molecule has 0 aliphatic rings. The molecule has 0 spiro atoms. The third-order valence-electron chi connectivity index (χ3n) is 2.27. The molecule has 1 rings (SSSR count). The average molecular weight is 366 g/mol. The molecule has 0 atom stereocenters. The van der Waals surface area contributed by atoms with Gasteiger partial charge in [0.25, 0.3) is 0 Å². The first kappa shape index (κ1) is 14.1. The Morgan fingerprint density at radius 2 is 2.12 bits per heavy atom. The highest BCUT2D eigenvalue weighted by Gasteiger charge is 2.12. The molecule has 0 amide bonds. The molecular formula is C12H14Br2OS. The quantitative estimate of drug-likeness (QED) is 0.349. The van der Waals surface area contributed by atoms with Crippen molar-refractivity contribution in [3.63, 3.8) is 0 Å². The van der Waals surface area contributed by atoms with Crippen LogP contribution >= 0.6 is 43.2 Å². The summed E-state index contributed by atoms with van der Waals surface area (Å²) in [6.45, 7) is 3.68. The van der Waals surface area contributed by atoms with Crippen LogP contribution in [0.5, 0.6) is 0 Å². The Bertz CT molecular complexity index is 371. The molecule has 0 N–H and O–H groups in total. The molecule has 1 nitrogen and oxygen atoms in total. The van der Waals surface area contributed by atoms with Crippen molar-refractivity contribution in [3.8, 4) is 0 Å². The number of thiophene rings is 1. The second-order valence-corrected chi connectivity index (χ2v) is 7.30. The number of rotatable bonds is 7. The monoisotopic (exact) mass is 364 g/mol. The van der Waals surface area contributed by atoms with Crippen LogP contribution in [0.25, 0.3) is 0 Å². The highest BCUT2D eigenvalue weighted by Crippen LogP contribution is 2.32. The molecule has 0 radical (unpaired) electrons. The van der Waals surface area contributed by atoms with Crippen LogP contribution in [0.4, 0.5) is 0 Å². The van der Waals surface area contributed by atoms with Crippen LogP contribution < -0.4 is 0 Å². The minimum atomic E-state index is 0.229. The third kappa shape index (κ3) is 4.52. The molecule has 0 saturated heterocycles. The summed E-state index contributed by atoms with van der Waals surface area (Å²) in [6, 6.07) is 1.89. The van der Waals surface area contributed by atoms with E-state index in [1.54, 1.807) is 11.3 Å². The summed E-state index contributed by atoms with van der Waals surface area (Å²) >= 11 is 8.33. The number of hydrogen-bond donors (Lipinski definition) is 0. The Balaban J connectivity index is 2.35. The van der Waals surface area contributed by atoms with Gasteiger partial charge in [-0.15, -0.1) is 17.9 Å². The SMILES string of the molecule is C=CCCCCCC(=O)c1cc(Br)sc1Br. The van der Waals surface area contributed by atoms with Crippen LogP contribution in [0.15, 0.2) is 26.3 Å². The lowest BCUT2D eigenvalue weighted by Crippen LogP contribution is -1.97. The number of hydrogen-bond acceptors (Lipinski definition) is 2. The topological polar surface area (TPSA) is 17.1 Å². The zero-order valence-electron chi connectivity index (χ0n) is 8.97. The van der Waals surface area contributed by atoms with E-state index in [1.807, 2.05) is 12.1 Å². The molecule has 4 heteroatoms. The molecule has 16 heavy (non-hydrogen) atoms. The molecular weight excluding hydrogens is 352 g/mol. The van der Waals surface area contributed by atoms with Gasteiger partial charge in [-0.2, -0.15) is 0 Å². The van der Waals surface area contributed by atoms with Gasteiger partial charge in [-0.25, -0.2) is 0 Å². The normalized spacial score (nSPS) is 10.4. The number of Topliss-reactive ketones (excluding diaryl/α,β-unsaturated/α-hetero) is 1. The second kappa shape index (κ2) is 7.41. The van der Waals surface area contributed by atoms with E-state index in [2.05, 4.69) is 38.4 Å². The Labute approximate surface area is 117 Å². The number of allylic oxidation sites excluding steroid dienone is 1. The van der Waals surface area contributed by atoms with E-state index in [0.29, 0.717) is 6.42 Å². The highest BCUT2D eigenvalue weighted by molar-refractivity contribution is 9.12. The molecule has 0 unspecified atom stereocenters. The van der Waals surface area contributed by atoms with Crippen molar-refractivity contribution >= 4 is 49.0 Å². The fourth-order valence-electron chi connectivity index (χ4n) is 1.42. The molecule has 1 aromatic heterocycles. The molecule has 1 heterocycles. The van der Waals surface area contributed by atoms with Gasteiger partial charge in [-0.3, -0.25) is 4.79 Å². The predicted molar refractivity (Wildman–Crippen MR) is 77.3 cm³/mol. The van der Waals surface area contributed by atoms with Gasteiger partial charge in [0, 0.05) is 12.0 Å². The molecule has 0 aliphatic carbocycles. The smallest absolute Gasteiger partial charge is 0.164 e. The number of unbranched alkanes of at least 4 members (excludes halogenated alkanes) is 3. The summed E-state index contributed by atoms with van der Waals surface area (Å²) in [7, 11) is 0. The number of halogens is 2. The van der Waals surface area contributed by atoms with Gasteiger partial charge in [-0.05, 0) is 57.2 Å². The second-order valence-electron chi connectivity index (χ2n) is 3.55. The minimum absolute atomic E-state index is 0.229. The lowest BCUT2D eigenvalue weighted by molar-refractivity contribution is 0.0979. The van der Waals surface area contributed by atoms with Gasteiger partial charge in [0.05, 0.1) is 7.57 Å². The van der Waals surface area contributed by atoms with E-state index in [0.717, 1.165) is 38.8 Å². The first-order chi connectivity index (χ1) is 7.65. The average Bonchev–Trinajstić information content (AvgIpc) is 2.57. The zero-order valence-corrected chi connectivity index (χ0v) is 13.0. The van der Waals surface area contributed by atoms with E-state index in [4.69, 9.17) is 0 Å². The predicted octanol–water partition coefficient (Wildman–Crippen LogP) is 5.59. The van der Waals surface area contributed by atoms with Crippen LogP contribution in [-0.4, -0.2) is 5.78 Å². The Hall–Kier alpha value is 0.0700. The first-order valence-corrected chi connectivity index (χ1v) is 7.64. The van der Waals surface area contributed by atoms with E-state index < -0.39 is 0 Å². The molecule has 0 aromatic carbocycles. The van der Waals surface area contributed by atoms with Crippen molar-refractivity contribution < 1.29 is 4.79 Å². The maximum Gasteiger partial charge on any atom is 0.164 e. The molecule has 1 aromatic rings. The van der Waals surface area contributed by atoms with Crippen LogP contribution in [0, 0.1) is 0 Å². The van der Waals surface area contributed by atoms with Crippen LogP contribution in [0.3, 0.4) is 0 Å². The molecule has 88 valence electrons. The summed E-state index contributed by atoms with van der Waals surface area (Å²) < 4.78 is 1.92. The van der Waals surface area contributed by atoms with Gasteiger partial charge < -0.3 is 0 Å². The lowest BCUT2D eigenvalue weighted by atomic mass is 10.1. The molecule has 0 bridgehead atoms. The molecule has 0 aliphatic heterocycles. The minimum Gasteiger partial charge on any atom is -0.294 e. The maximum atomic E-state index is 11.8. The number of carbonyl (C=O) groups is 1. The largest absolute Gasteiger partial charge is 0.294 e. The summed E-state index contributed by atoms with van der Waals surface area (Å²) in [5.41, 5.74) is 0.806. The van der Waals surface area contributed by atoms with Gasteiger partial charge in [0.2, 0.25) is 0 Å². The molecule has 0 saturated carbocycles. The summed E-state index contributed by atoms with van der Waals surface area (Å²) in [4.78, 5) is 11.8. The third-order valence-corrected chi connectivity index (χ3v) is 4.61. The van der Waals surface area contributed by atoms with Crippen LogP contribution in [-0.2, 0) is 0 Å². The van der Waals surface area contributed by atoms with E-state index in [-0.39, 0.29) is 5.78 Å². The van der Waals surface area contributed by atoms with E-state index >= 15 is 0 Å². The Kier molecular flexibility index (Phi) is 6.54. The van der Waals surface area contributed by atoms with Gasteiger partial charge in [0.15, 0.2) is 5.78 Å². The van der Waals surface area contributed by atoms with Gasteiger partial charge in [-0.1, -0.05) is 12.5 Å². The van der Waals surface area contributed by atoms with Crippen molar-refractivity contribution in [2.24, 2.45) is 0 Å². The lowest BCUT2D eigenvalue weighted by Gasteiger charge is -1.99. The van der Waals surface area contributed by atoms with Gasteiger partial charge in [0.1, 0.15) is 0 Å². The highest BCUT2D eigenvalue weighted by atomic mass is 79.9. The van der Waals surface area contributed by atoms with Crippen molar-refractivity contribution in [3.05, 3.63) is 31.9 Å². The maximum absolute atomic E-state index is 11.8. The summed E-state index contributed by atoms with van der Waals surface area (Å²) in [5, 5.41) is 0. The van der Waals surface area contributed by atoms with Crippen molar-refractivity contribution in [2.75, 3.05) is 0 Å². The first-order valence-electron chi connectivity index (χ1n) is 5.24. The fourth-order valence-corrected chi connectivity index (χ4v) is 4.27. The van der Waals surface area contributed by atoms with Crippen molar-refractivity contribution in [1.29, 1.82) is 0 Å². The van der Waals surface area contributed by atoms with Crippen molar-refractivity contribution in [2.45, 2.75) is 32.1 Å². The van der Waals surface area contributed by atoms with Crippen LogP contribution in [0.1, 0.15) is 42.5 Å². The number of carbonyl (C=O) groups excluding carboxylic acids is 1. The van der Waals surface area contributed by atoms with Crippen LogP contribution in [0.2, 0.25) is 0 Å². The fraction of sp³-hybridized carbons (Fsp3) is 0.417. The Morgan fingerprint density at radius 3 is 2.69 bits per heavy atom. The Morgan fingerprint density at radius 1 is 1.38 bits per heavy atom. The number of ketones is 1. The van der Waals surface area contributed by atoms with E-state index in [9.17, 15) is 4.79 Å². The van der Waals surface area contributed by atoms with Gasteiger partial charge >= 0.3 is 0 Å². The zero-order chi connectivity index (χ0) is 12.0. The van der Waals surface area contributed by atoms with Crippen molar-refractivity contribution in [1.82, 2.24) is 0 Å². The standard InChI is InChI=1S/C12H14Br2OS/c1-2-3-4-5-6-7-10(15)9-8-11(13)16-12(9)14/h2,8H,1,3-7H2. The summed E-state index contributed by atoms with van der Waals surface area (Å²) in [6.07, 6.45) is 6.80.